The minimum Gasteiger partial charge on any atom is -0.387 e. The van der Waals surface area contributed by atoms with E-state index in [1.807, 2.05) is 24.3 Å². The molecule has 1 unspecified atom stereocenters. The summed E-state index contributed by atoms with van der Waals surface area (Å²) in [6.07, 6.45) is 5.67. The molecule has 2 rings (SSSR count). The molecule has 1 fully saturated rings. The third-order valence-corrected chi connectivity index (χ3v) is 4.45. The van der Waals surface area contributed by atoms with E-state index >= 15 is 0 Å². The number of β-amino-alcohol motifs (C(OH)–C–C–N with tert-alkyl or cyclic N) is 1. The van der Waals surface area contributed by atoms with Crippen LogP contribution in [0.3, 0.4) is 0 Å². The van der Waals surface area contributed by atoms with E-state index in [0.717, 1.165) is 49.2 Å². The summed E-state index contributed by atoms with van der Waals surface area (Å²) in [5.41, 5.74) is 0.960. The molecule has 1 aliphatic rings. The van der Waals surface area contributed by atoms with Crippen molar-refractivity contribution in [3.63, 3.8) is 0 Å². The summed E-state index contributed by atoms with van der Waals surface area (Å²) in [4.78, 5) is 4.71. The lowest BCUT2D eigenvalue weighted by molar-refractivity contribution is 0.0730. The van der Waals surface area contributed by atoms with Gasteiger partial charge in [0.1, 0.15) is 0 Å². The Morgan fingerprint density at radius 3 is 2.50 bits per heavy atom. The van der Waals surface area contributed by atoms with Gasteiger partial charge in [0.25, 0.3) is 0 Å². The Hall–Kier alpha value is -0.860. The van der Waals surface area contributed by atoms with Crippen molar-refractivity contribution in [3.8, 4) is 12.3 Å². The number of halogens is 1. The first-order chi connectivity index (χ1) is 9.70. The predicted octanol–water partition coefficient (Wildman–Crippen LogP) is 2.12. The number of aliphatic hydroxyl groups excluding tert-OH is 1. The summed E-state index contributed by atoms with van der Waals surface area (Å²) in [6.45, 7) is 5.72. The standard InChI is InChI=1S/C16H21BrN2O/c1-2-3-8-18-9-11-19(12-10-18)13-16(20)14-6-4-5-7-15(14)17/h1,4-7,16,20H,3,8-13H2. The average molecular weight is 337 g/mol. The average Bonchev–Trinajstić information content (AvgIpc) is 2.47. The molecule has 3 nitrogen and oxygen atoms in total. The second-order valence-electron chi connectivity index (χ2n) is 5.13. The first-order valence-electron chi connectivity index (χ1n) is 7.01. The Bertz CT molecular complexity index is 464. The third kappa shape index (κ3) is 4.32. The Morgan fingerprint density at radius 1 is 1.20 bits per heavy atom. The van der Waals surface area contributed by atoms with Gasteiger partial charge in [-0.3, -0.25) is 9.80 Å². The van der Waals surface area contributed by atoms with Crippen molar-refractivity contribution in [2.45, 2.75) is 12.5 Å². The smallest absolute Gasteiger partial charge is 0.0927 e. The van der Waals surface area contributed by atoms with Gasteiger partial charge in [0.05, 0.1) is 6.10 Å². The highest BCUT2D eigenvalue weighted by Gasteiger charge is 2.20. The summed E-state index contributed by atoms with van der Waals surface area (Å²) in [5, 5.41) is 10.3. The number of nitrogens with zero attached hydrogens (tertiary/aromatic N) is 2. The maximum Gasteiger partial charge on any atom is 0.0927 e. The van der Waals surface area contributed by atoms with Crippen molar-refractivity contribution in [2.24, 2.45) is 0 Å². The lowest BCUT2D eigenvalue weighted by atomic mass is 10.1. The van der Waals surface area contributed by atoms with Crippen LogP contribution in [0.2, 0.25) is 0 Å². The normalized spacial score (nSPS) is 18.6. The van der Waals surface area contributed by atoms with Crippen molar-refractivity contribution >= 4 is 15.9 Å². The quantitative estimate of drug-likeness (QED) is 0.834. The molecule has 4 heteroatoms. The molecule has 1 N–H and O–H groups in total. The second kappa shape index (κ2) is 7.80. The van der Waals surface area contributed by atoms with Gasteiger partial charge < -0.3 is 5.11 Å². The van der Waals surface area contributed by atoms with Crippen molar-refractivity contribution < 1.29 is 5.11 Å². The van der Waals surface area contributed by atoms with E-state index in [4.69, 9.17) is 6.42 Å². The maximum absolute atomic E-state index is 10.3. The van der Waals surface area contributed by atoms with Gasteiger partial charge in [-0.15, -0.1) is 12.3 Å². The number of benzene rings is 1. The molecule has 1 aromatic carbocycles. The predicted molar refractivity (Wildman–Crippen MR) is 85.4 cm³/mol. The van der Waals surface area contributed by atoms with Crippen LogP contribution in [-0.4, -0.2) is 54.2 Å². The third-order valence-electron chi connectivity index (χ3n) is 3.73. The molecule has 1 aromatic rings. The molecule has 20 heavy (non-hydrogen) atoms. The van der Waals surface area contributed by atoms with E-state index in [9.17, 15) is 5.11 Å². The molecular weight excluding hydrogens is 316 g/mol. The molecule has 0 aliphatic carbocycles. The van der Waals surface area contributed by atoms with E-state index in [1.165, 1.54) is 0 Å². The van der Waals surface area contributed by atoms with Gasteiger partial charge in [-0.25, -0.2) is 0 Å². The SMILES string of the molecule is C#CCCN1CCN(CC(O)c2ccccc2Br)CC1. The lowest BCUT2D eigenvalue weighted by Crippen LogP contribution is -2.47. The van der Waals surface area contributed by atoms with Gasteiger partial charge in [0.2, 0.25) is 0 Å². The van der Waals surface area contributed by atoms with Gasteiger partial charge >= 0.3 is 0 Å². The van der Waals surface area contributed by atoms with Crippen LogP contribution < -0.4 is 0 Å². The number of hydrogen-bond acceptors (Lipinski definition) is 3. The van der Waals surface area contributed by atoms with E-state index in [2.05, 4.69) is 31.7 Å². The molecule has 0 radical (unpaired) electrons. The fraction of sp³-hybridized carbons (Fsp3) is 0.500. The Morgan fingerprint density at radius 2 is 1.85 bits per heavy atom. The zero-order valence-corrected chi connectivity index (χ0v) is 13.2. The van der Waals surface area contributed by atoms with Crippen LogP contribution in [0, 0.1) is 12.3 Å². The molecule has 108 valence electrons. The zero-order valence-electron chi connectivity index (χ0n) is 11.6. The Kier molecular flexibility index (Phi) is 6.06. The molecule has 0 amide bonds. The van der Waals surface area contributed by atoms with Crippen molar-refractivity contribution in [1.29, 1.82) is 0 Å². The van der Waals surface area contributed by atoms with Crippen LogP contribution in [0.25, 0.3) is 0 Å². The molecular formula is C16H21BrN2O. The minimum atomic E-state index is -0.442. The molecule has 0 spiro atoms. The second-order valence-corrected chi connectivity index (χ2v) is 5.99. The Labute approximate surface area is 129 Å². The molecule has 0 aromatic heterocycles. The largest absolute Gasteiger partial charge is 0.387 e. The summed E-state index contributed by atoms with van der Waals surface area (Å²) in [6, 6.07) is 7.86. The highest BCUT2D eigenvalue weighted by molar-refractivity contribution is 9.10. The molecule has 0 bridgehead atoms. The van der Waals surface area contributed by atoms with Crippen molar-refractivity contribution in [2.75, 3.05) is 39.3 Å². The van der Waals surface area contributed by atoms with E-state index < -0.39 is 6.10 Å². The molecule has 1 aliphatic heterocycles. The van der Waals surface area contributed by atoms with Gasteiger partial charge in [0, 0.05) is 50.2 Å². The van der Waals surface area contributed by atoms with Gasteiger partial charge in [0.15, 0.2) is 0 Å². The van der Waals surface area contributed by atoms with Crippen LogP contribution in [0.4, 0.5) is 0 Å². The molecule has 0 saturated carbocycles. The first-order valence-corrected chi connectivity index (χ1v) is 7.80. The highest BCUT2D eigenvalue weighted by Crippen LogP contribution is 2.24. The number of rotatable bonds is 5. The lowest BCUT2D eigenvalue weighted by Gasteiger charge is -2.35. The fourth-order valence-electron chi connectivity index (χ4n) is 2.51. The van der Waals surface area contributed by atoms with Crippen LogP contribution in [0.15, 0.2) is 28.7 Å². The molecule has 1 saturated heterocycles. The van der Waals surface area contributed by atoms with E-state index in [1.54, 1.807) is 0 Å². The number of terminal acetylenes is 1. The zero-order chi connectivity index (χ0) is 14.4. The van der Waals surface area contributed by atoms with Crippen molar-refractivity contribution in [1.82, 2.24) is 9.80 Å². The summed E-state index contributed by atoms with van der Waals surface area (Å²) in [5.74, 6) is 2.69. The van der Waals surface area contributed by atoms with E-state index in [0.29, 0.717) is 6.54 Å². The number of hydrogen-bond donors (Lipinski definition) is 1. The van der Waals surface area contributed by atoms with Gasteiger partial charge in [-0.05, 0) is 11.6 Å². The topological polar surface area (TPSA) is 26.7 Å². The minimum absolute atomic E-state index is 0.442. The first kappa shape index (κ1) is 15.5. The van der Waals surface area contributed by atoms with Crippen LogP contribution >= 0.6 is 15.9 Å². The summed E-state index contributed by atoms with van der Waals surface area (Å²) >= 11 is 3.49. The fourth-order valence-corrected chi connectivity index (χ4v) is 3.06. The summed E-state index contributed by atoms with van der Waals surface area (Å²) in [7, 11) is 0. The molecule has 1 heterocycles. The van der Waals surface area contributed by atoms with Gasteiger partial charge in [-0.2, -0.15) is 0 Å². The van der Waals surface area contributed by atoms with Crippen LogP contribution in [0.5, 0.6) is 0 Å². The van der Waals surface area contributed by atoms with E-state index in [-0.39, 0.29) is 0 Å². The van der Waals surface area contributed by atoms with Crippen LogP contribution in [0.1, 0.15) is 18.1 Å². The van der Waals surface area contributed by atoms with Crippen molar-refractivity contribution in [3.05, 3.63) is 34.3 Å². The van der Waals surface area contributed by atoms with Crippen LogP contribution in [-0.2, 0) is 0 Å². The van der Waals surface area contributed by atoms with Gasteiger partial charge in [-0.1, -0.05) is 34.1 Å². The monoisotopic (exact) mass is 336 g/mol. The Balaban J connectivity index is 1.81. The maximum atomic E-state index is 10.3. The number of piperazine rings is 1. The number of aliphatic hydroxyl groups is 1. The summed E-state index contributed by atoms with van der Waals surface area (Å²) < 4.78 is 0.972. The highest BCUT2D eigenvalue weighted by atomic mass is 79.9. The molecule has 1 atom stereocenters.